The summed E-state index contributed by atoms with van der Waals surface area (Å²) in [6.07, 6.45) is 2.19. The van der Waals surface area contributed by atoms with Crippen LogP contribution in [0.4, 0.5) is 0 Å². The van der Waals surface area contributed by atoms with E-state index < -0.39 is 54.0 Å². The summed E-state index contributed by atoms with van der Waals surface area (Å²) in [7, 11) is 0. The fourth-order valence-electron chi connectivity index (χ4n) is 4.28. The second-order valence-corrected chi connectivity index (χ2v) is 10.1. The van der Waals surface area contributed by atoms with Crippen molar-refractivity contribution < 1.29 is 29.4 Å². The molecule has 2 aromatic rings. The number of benzene rings is 1. The maximum atomic E-state index is 13.5. The van der Waals surface area contributed by atoms with Crippen LogP contribution in [0, 0.1) is 0 Å². The summed E-state index contributed by atoms with van der Waals surface area (Å²) >= 11 is 0. The lowest BCUT2D eigenvalue weighted by atomic mass is 10.0. The number of carboxylic acid groups (broad SMARTS) is 1. The van der Waals surface area contributed by atoms with Crippen molar-refractivity contribution in [2.75, 3.05) is 13.1 Å². The number of carbonyl (C=O) groups is 4. The molecule has 0 aliphatic heterocycles. The number of nitrogens with two attached hydrogens (primary N) is 4. The highest BCUT2D eigenvalue weighted by Gasteiger charge is 2.31. The SMILES string of the molecule is CC(O)C(N)C(=O)NC(CCCCN)C(=O)NC(Cc1c[nH]c2ccccc12)C(=O)NC(CCCN=C(N)N)C(=O)O. The summed E-state index contributed by atoms with van der Waals surface area (Å²) in [4.78, 5) is 58.4. The van der Waals surface area contributed by atoms with Crippen molar-refractivity contribution in [2.24, 2.45) is 27.9 Å². The molecule has 0 saturated heterocycles. The molecule has 0 bridgehead atoms. The Balaban J connectivity index is 2.30. The molecule has 0 spiro atoms. The highest BCUT2D eigenvalue weighted by atomic mass is 16.4. The first-order valence-electron chi connectivity index (χ1n) is 13.8. The predicted octanol–water partition coefficient (Wildman–Crippen LogP) is -1.86. The van der Waals surface area contributed by atoms with E-state index in [1.165, 1.54) is 6.92 Å². The van der Waals surface area contributed by atoms with Crippen LogP contribution in [-0.2, 0) is 25.6 Å². The molecule has 1 aromatic carbocycles. The number of carbonyl (C=O) groups excluding carboxylic acids is 3. The van der Waals surface area contributed by atoms with Crippen LogP contribution in [0.15, 0.2) is 35.5 Å². The van der Waals surface area contributed by atoms with Crippen molar-refractivity contribution >= 4 is 40.6 Å². The summed E-state index contributed by atoms with van der Waals surface area (Å²) in [6, 6.07) is 2.58. The average Bonchev–Trinajstić information content (AvgIpc) is 3.35. The van der Waals surface area contributed by atoms with Gasteiger partial charge in [0, 0.05) is 30.1 Å². The third-order valence-electron chi connectivity index (χ3n) is 6.69. The van der Waals surface area contributed by atoms with Crippen molar-refractivity contribution in [1.82, 2.24) is 20.9 Å². The second kappa shape index (κ2) is 16.9. The number of fused-ring (bicyclic) bond motifs is 1. The molecule has 15 nitrogen and oxygen atoms in total. The molecule has 0 aliphatic carbocycles. The summed E-state index contributed by atoms with van der Waals surface area (Å²) in [6.45, 7) is 1.91. The van der Waals surface area contributed by atoms with Crippen LogP contribution in [0.5, 0.6) is 0 Å². The third-order valence-corrected chi connectivity index (χ3v) is 6.69. The molecule has 42 heavy (non-hydrogen) atoms. The Bertz CT molecular complexity index is 1230. The largest absolute Gasteiger partial charge is 0.480 e. The van der Waals surface area contributed by atoms with E-state index in [4.69, 9.17) is 22.9 Å². The Morgan fingerprint density at radius 1 is 0.929 bits per heavy atom. The number of unbranched alkanes of at least 4 members (excludes halogenated alkanes) is 1. The van der Waals surface area contributed by atoms with Crippen LogP contribution < -0.4 is 38.9 Å². The molecule has 5 atom stereocenters. The molecule has 232 valence electrons. The van der Waals surface area contributed by atoms with Crippen molar-refractivity contribution in [3.63, 3.8) is 0 Å². The Kier molecular flexibility index (Phi) is 13.7. The first-order valence-corrected chi connectivity index (χ1v) is 13.8. The zero-order valence-corrected chi connectivity index (χ0v) is 23.7. The number of nitrogens with zero attached hydrogens (tertiary/aromatic N) is 1. The number of para-hydroxylation sites is 1. The average molecular weight is 590 g/mol. The van der Waals surface area contributed by atoms with E-state index in [9.17, 15) is 29.4 Å². The molecule has 15 heteroatoms. The fraction of sp³-hybridized carbons (Fsp3) is 0.519. The second-order valence-electron chi connectivity index (χ2n) is 10.1. The van der Waals surface area contributed by atoms with Gasteiger partial charge >= 0.3 is 5.97 Å². The Labute approximate surface area is 243 Å². The van der Waals surface area contributed by atoms with Gasteiger partial charge in [0.2, 0.25) is 17.7 Å². The Morgan fingerprint density at radius 3 is 2.19 bits per heavy atom. The van der Waals surface area contributed by atoms with Gasteiger partial charge in [0.15, 0.2) is 5.96 Å². The molecule has 0 radical (unpaired) electrons. The number of aliphatic hydroxyl groups is 1. The summed E-state index contributed by atoms with van der Waals surface area (Å²) < 4.78 is 0. The van der Waals surface area contributed by atoms with Crippen LogP contribution in [0.3, 0.4) is 0 Å². The number of hydrogen-bond acceptors (Lipinski definition) is 8. The minimum atomic E-state index is -1.27. The van der Waals surface area contributed by atoms with Gasteiger partial charge in [-0.3, -0.25) is 19.4 Å². The lowest BCUT2D eigenvalue weighted by Crippen LogP contribution is -2.58. The smallest absolute Gasteiger partial charge is 0.326 e. The number of aromatic nitrogens is 1. The molecule has 0 saturated carbocycles. The van der Waals surface area contributed by atoms with Crippen LogP contribution in [0.2, 0.25) is 0 Å². The van der Waals surface area contributed by atoms with Gasteiger partial charge in [0.05, 0.1) is 6.10 Å². The van der Waals surface area contributed by atoms with Crippen molar-refractivity contribution in [1.29, 1.82) is 0 Å². The number of hydrogen-bond donors (Lipinski definition) is 10. The number of aliphatic imine (C=N–C) groups is 1. The maximum absolute atomic E-state index is 13.5. The van der Waals surface area contributed by atoms with Crippen LogP contribution in [0.1, 0.15) is 44.6 Å². The van der Waals surface area contributed by atoms with Gasteiger partial charge in [-0.2, -0.15) is 0 Å². The number of rotatable bonds is 18. The van der Waals surface area contributed by atoms with Crippen molar-refractivity contribution in [3.8, 4) is 0 Å². The molecular weight excluding hydrogens is 546 g/mol. The third kappa shape index (κ3) is 10.6. The van der Waals surface area contributed by atoms with Crippen LogP contribution in [0.25, 0.3) is 10.9 Å². The van der Waals surface area contributed by atoms with Gasteiger partial charge in [-0.25, -0.2) is 4.79 Å². The number of aliphatic carboxylic acids is 1. The van der Waals surface area contributed by atoms with Gasteiger partial charge in [-0.15, -0.1) is 0 Å². The van der Waals surface area contributed by atoms with E-state index in [2.05, 4.69) is 25.9 Å². The lowest BCUT2D eigenvalue weighted by molar-refractivity contribution is -0.142. The standard InChI is InChI=1S/C27H43N9O6/c1-15(37)22(29)25(40)34-19(9-4-5-11-28)23(38)36-21(13-16-14-33-18-8-3-2-7-17(16)18)24(39)35-20(26(41)42)10-6-12-32-27(30)31/h2-3,7-8,14-15,19-22,33,37H,4-6,9-13,28-29H2,1H3,(H,34,40)(H,35,39)(H,36,38)(H,41,42)(H4,30,31,32). The highest BCUT2D eigenvalue weighted by molar-refractivity contribution is 5.95. The molecule has 0 fully saturated rings. The quantitative estimate of drug-likeness (QED) is 0.0526. The zero-order chi connectivity index (χ0) is 31.2. The van der Waals surface area contributed by atoms with Gasteiger partial charge in [-0.05, 0) is 57.2 Å². The van der Waals surface area contributed by atoms with E-state index in [0.29, 0.717) is 24.9 Å². The van der Waals surface area contributed by atoms with E-state index in [-0.39, 0.29) is 38.2 Å². The van der Waals surface area contributed by atoms with E-state index in [0.717, 1.165) is 10.9 Å². The van der Waals surface area contributed by atoms with E-state index in [1.807, 2.05) is 24.3 Å². The summed E-state index contributed by atoms with van der Waals surface area (Å²) in [5, 5.41) is 28.0. The molecule has 0 aliphatic rings. The van der Waals surface area contributed by atoms with E-state index in [1.54, 1.807) is 6.20 Å². The molecule has 5 unspecified atom stereocenters. The fourth-order valence-corrected chi connectivity index (χ4v) is 4.28. The monoisotopic (exact) mass is 589 g/mol. The summed E-state index contributed by atoms with van der Waals surface area (Å²) in [5.41, 5.74) is 23.5. The van der Waals surface area contributed by atoms with Crippen molar-refractivity contribution in [3.05, 3.63) is 36.0 Å². The molecule has 14 N–H and O–H groups in total. The van der Waals surface area contributed by atoms with Crippen LogP contribution in [-0.4, -0.2) is 88.2 Å². The number of H-pyrrole nitrogens is 1. The van der Waals surface area contributed by atoms with Crippen molar-refractivity contribution in [2.45, 2.75) is 75.7 Å². The lowest BCUT2D eigenvalue weighted by Gasteiger charge is -2.25. The maximum Gasteiger partial charge on any atom is 0.326 e. The molecule has 1 heterocycles. The number of guanidine groups is 1. The summed E-state index contributed by atoms with van der Waals surface area (Å²) in [5.74, 6) is -3.52. The highest BCUT2D eigenvalue weighted by Crippen LogP contribution is 2.19. The molecular formula is C27H43N9O6. The van der Waals surface area contributed by atoms with E-state index >= 15 is 0 Å². The molecule has 2 rings (SSSR count). The molecule has 1 aromatic heterocycles. The number of carboxylic acids is 1. The topological polar surface area (TPSA) is 277 Å². The minimum absolute atomic E-state index is 0.0264. The number of aliphatic hydroxyl groups excluding tert-OH is 1. The minimum Gasteiger partial charge on any atom is -0.480 e. The zero-order valence-electron chi connectivity index (χ0n) is 23.7. The predicted molar refractivity (Wildman–Crippen MR) is 158 cm³/mol. The van der Waals surface area contributed by atoms with Gasteiger partial charge in [-0.1, -0.05) is 18.2 Å². The Hall–Kier alpha value is -4.21. The first kappa shape index (κ1) is 34.0. The van der Waals surface area contributed by atoms with Gasteiger partial charge in [0.1, 0.15) is 24.2 Å². The van der Waals surface area contributed by atoms with Gasteiger partial charge in [0.25, 0.3) is 0 Å². The molecule has 3 amide bonds. The normalized spacial score (nSPS) is 14.7. The Morgan fingerprint density at radius 2 is 1.55 bits per heavy atom. The first-order chi connectivity index (χ1) is 19.9. The number of aromatic amines is 1. The van der Waals surface area contributed by atoms with Crippen LogP contribution >= 0.6 is 0 Å². The number of amides is 3. The number of nitrogens with one attached hydrogen (secondary N) is 4. The van der Waals surface area contributed by atoms with Gasteiger partial charge < -0.3 is 54.1 Å².